The van der Waals surface area contributed by atoms with E-state index in [0.29, 0.717) is 12.2 Å². The van der Waals surface area contributed by atoms with E-state index in [1.165, 1.54) is 0 Å². The summed E-state index contributed by atoms with van der Waals surface area (Å²) in [6.45, 7) is 1.95. The van der Waals surface area contributed by atoms with E-state index in [2.05, 4.69) is 15.9 Å². The molecule has 4 heteroatoms. The number of hydrogen-bond acceptors (Lipinski definition) is 3. The van der Waals surface area contributed by atoms with E-state index >= 15 is 0 Å². The van der Waals surface area contributed by atoms with Crippen LogP contribution in [0.3, 0.4) is 0 Å². The standard InChI is InChI=1S/C12H17BrO3/c1-8-6-12(16-3)9(7-11(8)15-2)10(14)4-5-13/h6-7,10,14H,4-5H2,1-3H3. The molecule has 1 aromatic carbocycles. The van der Waals surface area contributed by atoms with Crippen LogP contribution < -0.4 is 9.47 Å². The third-order valence-electron chi connectivity index (χ3n) is 2.49. The Bertz CT molecular complexity index is 352. The van der Waals surface area contributed by atoms with Crippen molar-refractivity contribution in [3.63, 3.8) is 0 Å². The summed E-state index contributed by atoms with van der Waals surface area (Å²) in [4.78, 5) is 0. The fourth-order valence-electron chi connectivity index (χ4n) is 1.59. The summed E-state index contributed by atoms with van der Waals surface area (Å²) in [5.41, 5.74) is 1.76. The molecule has 0 fully saturated rings. The van der Waals surface area contributed by atoms with Crippen molar-refractivity contribution in [1.29, 1.82) is 0 Å². The fourth-order valence-corrected chi connectivity index (χ4v) is 2.03. The van der Waals surface area contributed by atoms with Crippen LogP contribution in [0.1, 0.15) is 23.7 Å². The number of aliphatic hydroxyl groups excluding tert-OH is 1. The molecule has 0 aliphatic heterocycles. The van der Waals surface area contributed by atoms with E-state index < -0.39 is 6.10 Å². The van der Waals surface area contributed by atoms with Crippen molar-refractivity contribution in [3.8, 4) is 11.5 Å². The van der Waals surface area contributed by atoms with Crippen LogP contribution in [-0.2, 0) is 0 Å². The molecule has 0 aliphatic carbocycles. The Morgan fingerprint density at radius 2 is 1.88 bits per heavy atom. The molecule has 3 nitrogen and oxygen atoms in total. The van der Waals surface area contributed by atoms with Gasteiger partial charge in [0.25, 0.3) is 0 Å². The normalized spacial score (nSPS) is 12.3. The lowest BCUT2D eigenvalue weighted by Gasteiger charge is -2.16. The second-order valence-corrected chi connectivity index (χ2v) is 4.35. The van der Waals surface area contributed by atoms with Gasteiger partial charge in [0.1, 0.15) is 11.5 Å². The van der Waals surface area contributed by atoms with Crippen LogP contribution in [0.4, 0.5) is 0 Å². The summed E-state index contributed by atoms with van der Waals surface area (Å²) in [5.74, 6) is 1.47. The van der Waals surface area contributed by atoms with Gasteiger partial charge in [-0.3, -0.25) is 0 Å². The number of rotatable bonds is 5. The molecule has 0 saturated carbocycles. The molecule has 0 aromatic heterocycles. The molecule has 0 amide bonds. The van der Waals surface area contributed by atoms with Gasteiger partial charge in [0, 0.05) is 10.9 Å². The van der Waals surface area contributed by atoms with Gasteiger partial charge in [-0.15, -0.1) is 0 Å². The Balaban J connectivity index is 3.13. The van der Waals surface area contributed by atoms with Gasteiger partial charge in [0.2, 0.25) is 0 Å². The number of aliphatic hydroxyl groups is 1. The average molecular weight is 289 g/mol. The third kappa shape index (κ3) is 2.89. The first-order valence-corrected chi connectivity index (χ1v) is 6.22. The lowest BCUT2D eigenvalue weighted by atomic mass is 10.0. The zero-order chi connectivity index (χ0) is 12.1. The maximum atomic E-state index is 9.98. The molecule has 16 heavy (non-hydrogen) atoms. The van der Waals surface area contributed by atoms with Gasteiger partial charge in [0.15, 0.2) is 0 Å². The number of aryl methyl sites for hydroxylation is 1. The zero-order valence-electron chi connectivity index (χ0n) is 9.79. The highest BCUT2D eigenvalue weighted by Gasteiger charge is 2.15. The average Bonchev–Trinajstić information content (AvgIpc) is 2.28. The minimum atomic E-state index is -0.538. The highest BCUT2D eigenvalue weighted by molar-refractivity contribution is 9.09. The molecule has 0 radical (unpaired) electrons. The minimum absolute atomic E-state index is 0.538. The SMILES string of the molecule is COc1cc(C(O)CCBr)c(OC)cc1C. The minimum Gasteiger partial charge on any atom is -0.496 e. The number of hydrogen-bond donors (Lipinski definition) is 1. The number of halogens is 1. The molecule has 1 atom stereocenters. The van der Waals surface area contributed by atoms with Gasteiger partial charge >= 0.3 is 0 Å². The molecule has 0 bridgehead atoms. The Hall–Kier alpha value is -0.740. The molecule has 1 N–H and O–H groups in total. The lowest BCUT2D eigenvalue weighted by molar-refractivity contribution is 0.170. The summed E-state index contributed by atoms with van der Waals surface area (Å²) in [7, 11) is 3.22. The van der Waals surface area contributed by atoms with Gasteiger partial charge in [0.05, 0.1) is 20.3 Å². The Morgan fingerprint density at radius 1 is 1.25 bits per heavy atom. The smallest absolute Gasteiger partial charge is 0.125 e. The van der Waals surface area contributed by atoms with Crippen LogP contribution in [0.25, 0.3) is 0 Å². The van der Waals surface area contributed by atoms with E-state index in [1.54, 1.807) is 14.2 Å². The van der Waals surface area contributed by atoms with Crippen molar-refractivity contribution in [2.75, 3.05) is 19.5 Å². The van der Waals surface area contributed by atoms with Crippen LogP contribution in [0.5, 0.6) is 11.5 Å². The van der Waals surface area contributed by atoms with Crippen molar-refractivity contribution in [1.82, 2.24) is 0 Å². The third-order valence-corrected chi connectivity index (χ3v) is 2.95. The van der Waals surface area contributed by atoms with Crippen molar-refractivity contribution in [2.24, 2.45) is 0 Å². The maximum absolute atomic E-state index is 9.98. The van der Waals surface area contributed by atoms with Crippen molar-refractivity contribution in [2.45, 2.75) is 19.4 Å². The first-order valence-electron chi connectivity index (χ1n) is 5.10. The molecular formula is C12H17BrO3. The van der Waals surface area contributed by atoms with Crippen molar-refractivity contribution in [3.05, 3.63) is 23.3 Å². The summed E-state index contributed by atoms with van der Waals surface area (Å²) >= 11 is 3.31. The second kappa shape index (κ2) is 6.11. The van der Waals surface area contributed by atoms with Gasteiger partial charge in [-0.25, -0.2) is 0 Å². The summed E-state index contributed by atoms with van der Waals surface area (Å²) in [5, 5.41) is 10.7. The second-order valence-electron chi connectivity index (χ2n) is 3.56. The van der Waals surface area contributed by atoms with E-state index in [9.17, 15) is 5.11 Å². The van der Waals surface area contributed by atoms with Crippen molar-refractivity contribution < 1.29 is 14.6 Å². The number of ether oxygens (including phenoxy) is 2. The molecule has 0 aliphatic rings. The van der Waals surface area contributed by atoms with Crippen LogP contribution in [-0.4, -0.2) is 24.7 Å². The van der Waals surface area contributed by atoms with Gasteiger partial charge in [-0.05, 0) is 31.0 Å². The molecular weight excluding hydrogens is 272 g/mol. The lowest BCUT2D eigenvalue weighted by Crippen LogP contribution is -2.03. The fraction of sp³-hybridized carbons (Fsp3) is 0.500. The highest BCUT2D eigenvalue weighted by atomic mass is 79.9. The molecule has 90 valence electrons. The summed E-state index contributed by atoms with van der Waals surface area (Å²) in [6.07, 6.45) is 0.103. The first kappa shape index (κ1) is 13.3. The monoisotopic (exact) mass is 288 g/mol. The Kier molecular flexibility index (Phi) is 5.09. The topological polar surface area (TPSA) is 38.7 Å². The first-order chi connectivity index (χ1) is 7.63. The van der Waals surface area contributed by atoms with Crippen LogP contribution in [0.15, 0.2) is 12.1 Å². The number of methoxy groups -OCH3 is 2. The Morgan fingerprint density at radius 3 is 2.38 bits per heavy atom. The van der Waals surface area contributed by atoms with Crippen molar-refractivity contribution >= 4 is 15.9 Å². The zero-order valence-corrected chi connectivity index (χ0v) is 11.4. The Labute approximate surface area is 105 Å². The molecule has 1 aromatic rings. The summed E-state index contributed by atoms with van der Waals surface area (Å²) in [6, 6.07) is 3.72. The maximum Gasteiger partial charge on any atom is 0.125 e. The van der Waals surface area contributed by atoms with Crippen LogP contribution >= 0.6 is 15.9 Å². The molecule has 1 rings (SSSR count). The predicted octanol–water partition coefficient (Wildman–Crippen LogP) is 2.83. The van der Waals surface area contributed by atoms with E-state index in [0.717, 1.165) is 22.2 Å². The quantitative estimate of drug-likeness (QED) is 0.847. The molecule has 0 saturated heterocycles. The van der Waals surface area contributed by atoms with Crippen LogP contribution in [0.2, 0.25) is 0 Å². The number of benzene rings is 1. The number of alkyl halides is 1. The molecule has 0 spiro atoms. The van der Waals surface area contributed by atoms with Gasteiger partial charge in [-0.2, -0.15) is 0 Å². The van der Waals surface area contributed by atoms with Gasteiger partial charge in [-0.1, -0.05) is 15.9 Å². The van der Waals surface area contributed by atoms with E-state index in [-0.39, 0.29) is 0 Å². The molecule has 1 unspecified atom stereocenters. The van der Waals surface area contributed by atoms with E-state index in [1.807, 2.05) is 19.1 Å². The largest absolute Gasteiger partial charge is 0.496 e. The highest BCUT2D eigenvalue weighted by Crippen LogP contribution is 2.33. The van der Waals surface area contributed by atoms with Gasteiger partial charge < -0.3 is 14.6 Å². The molecule has 0 heterocycles. The van der Waals surface area contributed by atoms with E-state index in [4.69, 9.17) is 9.47 Å². The van der Waals surface area contributed by atoms with Crippen LogP contribution in [0, 0.1) is 6.92 Å². The summed E-state index contributed by atoms with van der Waals surface area (Å²) < 4.78 is 10.5. The predicted molar refractivity (Wildman–Crippen MR) is 67.7 cm³/mol.